The fraction of sp³-hybridized carbons (Fsp3) is 0.118. The van der Waals surface area contributed by atoms with Crippen LogP contribution in [0, 0.1) is 11.3 Å². The van der Waals surface area contributed by atoms with E-state index in [1.54, 1.807) is 18.3 Å². The van der Waals surface area contributed by atoms with Crippen molar-refractivity contribution in [2.45, 2.75) is 13.0 Å². The number of pyridine rings is 2. The molecule has 0 spiro atoms. The summed E-state index contributed by atoms with van der Waals surface area (Å²) in [5.74, 6) is 0.176. The number of benzene rings is 1. The minimum atomic E-state index is -0.212. The molecule has 0 atom stereocenters. The molecule has 3 aromatic rings. The van der Waals surface area contributed by atoms with Gasteiger partial charge in [-0.05, 0) is 24.1 Å². The SMILES string of the molecule is N#Cc1c(N)n(CCc2ccccc2)c(=O)c2cccnc12. The summed E-state index contributed by atoms with van der Waals surface area (Å²) in [5, 5.41) is 9.75. The number of nitrogen functional groups attached to an aromatic ring is 1. The minimum absolute atomic E-state index is 0.176. The number of aryl methyl sites for hydroxylation is 1. The second-order valence-corrected chi connectivity index (χ2v) is 4.96. The molecule has 0 fully saturated rings. The van der Waals surface area contributed by atoms with Crippen molar-refractivity contribution in [3.05, 3.63) is 70.1 Å². The Morgan fingerprint density at radius 1 is 1.18 bits per heavy atom. The van der Waals surface area contributed by atoms with Gasteiger partial charge in [-0.3, -0.25) is 14.3 Å². The topological polar surface area (TPSA) is 84.7 Å². The third kappa shape index (κ3) is 2.31. The first-order valence-corrected chi connectivity index (χ1v) is 6.93. The fourth-order valence-electron chi connectivity index (χ4n) is 2.51. The third-order valence-electron chi connectivity index (χ3n) is 3.65. The van der Waals surface area contributed by atoms with Crippen LogP contribution in [0.25, 0.3) is 10.9 Å². The van der Waals surface area contributed by atoms with Crippen molar-refractivity contribution in [2.75, 3.05) is 5.73 Å². The predicted molar refractivity (Wildman–Crippen MR) is 85.3 cm³/mol. The van der Waals surface area contributed by atoms with Crippen LogP contribution in [0.4, 0.5) is 5.82 Å². The molecule has 0 aliphatic heterocycles. The Labute approximate surface area is 127 Å². The second kappa shape index (κ2) is 5.70. The molecular weight excluding hydrogens is 276 g/mol. The van der Waals surface area contributed by atoms with Crippen molar-refractivity contribution in [1.29, 1.82) is 5.26 Å². The maximum atomic E-state index is 12.6. The lowest BCUT2D eigenvalue weighted by Gasteiger charge is -2.12. The van der Waals surface area contributed by atoms with Crippen molar-refractivity contribution < 1.29 is 0 Å². The van der Waals surface area contributed by atoms with Gasteiger partial charge in [0.25, 0.3) is 5.56 Å². The monoisotopic (exact) mass is 290 g/mol. The Kier molecular flexibility index (Phi) is 3.58. The van der Waals surface area contributed by atoms with E-state index in [4.69, 9.17) is 5.73 Å². The average Bonchev–Trinajstić information content (AvgIpc) is 2.56. The first kappa shape index (κ1) is 13.8. The van der Waals surface area contributed by atoms with Crippen molar-refractivity contribution in [3.8, 4) is 6.07 Å². The van der Waals surface area contributed by atoms with Gasteiger partial charge in [0.1, 0.15) is 17.5 Å². The molecule has 22 heavy (non-hydrogen) atoms. The Hall–Kier alpha value is -3.13. The summed E-state index contributed by atoms with van der Waals surface area (Å²) in [6.45, 7) is 0.425. The van der Waals surface area contributed by atoms with Crippen LogP contribution in [0.3, 0.4) is 0 Å². The van der Waals surface area contributed by atoms with Gasteiger partial charge in [0.15, 0.2) is 0 Å². The molecule has 2 heterocycles. The summed E-state index contributed by atoms with van der Waals surface area (Å²) in [7, 11) is 0. The summed E-state index contributed by atoms with van der Waals surface area (Å²) >= 11 is 0. The maximum absolute atomic E-state index is 12.6. The number of anilines is 1. The first-order valence-electron chi connectivity index (χ1n) is 6.93. The molecule has 0 saturated heterocycles. The van der Waals surface area contributed by atoms with Gasteiger partial charge in [-0.2, -0.15) is 5.26 Å². The molecule has 5 nitrogen and oxygen atoms in total. The number of nitriles is 1. The normalized spacial score (nSPS) is 10.5. The van der Waals surface area contributed by atoms with E-state index in [-0.39, 0.29) is 16.9 Å². The van der Waals surface area contributed by atoms with E-state index in [1.165, 1.54) is 4.57 Å². The van der Waals surface area contributed by atoms with Crippen LogP contribution in [-0.2, 0) is 13.0 Å². The number of hydrogen-bond donors (Lipinski definition) is 1. The van der Waals surface area contributed by atoms with Gasteiger partial charge in [0.2, 0.25) is 0 Å². The molecule has 2 N–H and O–H groups in total. The van der Waals surface area contributed by atoms with Gasteiger partial charge in [-0.25, -0.2) is 0 Å². The molecule has 108 valence electrons. The van der Waals surface area contributed by atoms with Gasteiger partial charge < -0.3 is 5.73 Å². The number of rotatable bonds is 3. The van der Waals surface area contributed by atoms with Crippen LogP contribution in [0.1, 0.15) is 11.1 Å². The summed E-state index contributed by atoms with van der Waals surface area (Å²) in [4.78, 5) is 16.7. The molecule has 0 amide bonds. The minimum Gasteiger partial charge on any atom is -0.384 e. The largest absolute Gasteiger partial charge is 0.384 e. The molecule has 5 heteroatoms. The van der Waals surface area contributed by atoms with E-state index in [9.17, 15) is 10.1 Å². The van der Waals surface area contributed by atoms with E-state index in [1.807, 2.05) is 30.3 Å². The predicted octanol–water partition coefficient (Wildman–Crippen LogP) is 2.09. The number of nitrogens with zero attached hydrogens (tertiary/aromatic N) is 3. The highest BCUT2D eigenvalue weighted by Gasteiger charge is 2.15. The lowest BCUT2D eigenvalue weighted by atomic mass is 10.1. The quantitative estimate of drug-likeness (QED) is 0.800. The van der Waals surface area contributed by atoms with E-state index in [2.05, 4.69) is 11.1 Å². The molecule has 2 aromatic heterocycles. The van der Waals surface area contributed by atoms with E-state index in [0.717, 1.165) is 5.56 Å². The molecule has 3 rings (SSSR count). The standard InChI is InChI=1S/C17H14N4O/c18-11-14-15-13(7-4-9-20-15)17(22)21(16(14)19)10-8-12-5-2-1-3-6-12/h1-7,9H,8,10,19H2. The van der Waals surface area contributed by atoms with Crippen LogP contribution in [0.15, 0.2) is 53.5 Å². The molecule has 1 aromatic carbocycles. The Morgan fingerprint density at radius 3 is 2.68 bits per heavy atom. The van der Waals surface area contributed by atoms with E-state index < -0.39 is 0 Å². The lowest BCUT2D eigenvalue weighted by molar-refractivity contribution is 0.683. The molecule has 0 radical (unpaired) electrons. The van der Waals surface area contributed by atoms with Crippen molar-refractivity contribution >= 4 is 16.7 Å². The van der Waals surface area contributed by atoms with Crippen LogP contribution in [0.2, 0.25) is 0 Å². The van der Waals surface area contributed by atoms with Crippen LogP contribution in [0.5, 0.6) is 0 Å². The molecular formula is C17H14N4O. The maximum Gasteiger partial charge on any atom is 0.261 e. The Balaban J connectivity index is 2.10. The molecule has 0 saturated carbocycles. The second-order valence-electron chi connectivity index (χ2n) is 4.96. The molecule has 0 bridgehead atoms. The van der Waals surface area contributed by atoms with Crippen molar-refractivity contribution in [1.82, 2.24) is 9.55 Å². The average molecular weight is 290 g/mol. The summed E-state index contributed by atoms with van der Waals surface area (Å²) in [5.41, 5.74) is 7.54. The molecule has 0 aliphatic carbocycles. The highest BCUT2D eigenvalue weighted by molar-refractivity contribution is 5.86. The van der Waals surface area contributed by atoms with Gasteiger partial charge in [0, 0.05) is 12.7 Å². The Bertz CT molecular complexity index is 923. The van der Waals surface area contributed by atoms with Gasteiger partial charge >= 0.3 is 0 Å². The fourth-order valence-corrected chi connectivity index (χ4v) is 2.51. The van der Waals surface area contributed by atoms with Gasteiger partial charge in [-0.15, -0.1) is 0 Å². The van der Waals surface area contributed by atoms with Crippen LogP contribution < -0.4 is 11.3 Å². The molecule has 0 unspecified atom stereocenters. The highest BCUT2D eigenvalue weighted by atomic mass is 16.1. The van der Waals surface area contributed by atoms with Crippen LogP contribution in [-0.4, -0.2) is 9.55 Å². The van der Waals surface area contributed by atoms with E-state index >= 15 is 0 Å². The first-order chi connectivity index (χ1) is 10.7. The number of aromatic nitrogens is 2. The summed E-state index contributed by atoms with van der Waals surface area (Å²) < 4.78 is 1.45. The highest BCUT2D eigenvalue weighted by Crippen LogP contribution is 2.18. The number of nitrogens with two attached hydrogens (primary N) is 1. The number of hydrogen-bond acceptors (Lipinski definition) is 4. The summed E-state index contributed by atoms with van der Waals surface area (Å²) in [6.07, 6.45) is 2.22. The smallest absolute Gasteiger partial charge is 0.261 e. The zero-order chi connectivity index (χ0) is 15.5. The van der Waals surface area contributed by atoms with Crippen LogP contribution >= 0.6 is 0 Å². The zero-order valence-corrected chi connectivity index (χ0v) is 11.9. The third-order valence-corrected chi connectivity index (χ3v) is 3.65. The van der Waals surface area contributed by atoms with Crippen molar-refractivity contribution in [3.63, 3.8) is 0 Å². The zero-order valence-electron chi connectivity index (χ0n) is 11.9. The van der Waals surface area contributed by atoms with E-state index in [0.29, 0.717) is 23.9 Å². The lowest BCUT2D eigenvalue weighted by Crippen LogP contribution is -2.25. The van der Waals surface area contributed by atoms with Crippen molar-refractivity contribution in [2.24, 2.45) is 0 Å². The summed E-state index contributed by atoms with van der Waals surface area (Å²) in [6, 6.07) is 15.2. The number of fused-ring (bicyclic) bond motifs is 1. The molecule has 0 aliphatic rings. The van der Waals surface area contributed by atoms with Gasteiger partial charge in [0.05, 0.1) is 10.9 Å². The Morgan fingerprint density at radius 2 is 1.95 bits per heavy atom. The van der Waals surface area contributed by atoms with Gasteiger partial charge in [-0.1, -0.05) is 30.3 Å².